The van der Waals surface area contributed by atoms with Crippen LogP contribution in [0.1, 0.15) is 62.1 Å². The van der Waals surface area contributed by atoms with Crippen molar-refractivity contribution < 1.29 is 18.0 Å². The lowest BCUT2D eigenvalue weighted by molar-refractivity contribution is -0.114. The van der Waals surface area contributed by atoms with Crippen LogP contribution in [0, 0.1) is 0 Å². The van der Waals surface area contributed by atoms with Gasteiger partial charge in [-0.15, -0.1) is 0 Å². The molecular weight excluding hydrogens is 418 g/mol. The Hall–Kier alpha value is -2.72. The Morgan fingerprint density at radius 1 is 1.19 bits per heavy atom. The number of H-pyrrole nitrogens is 1. The average Bonchev–Trinajstić information content (AvgIpc) is 3.24. The second-order valence-electron chi connectivity index (χ2n) is 7.51. The minimum atomic E-state index is -3.81. The molecule has 168 valence electrons. The lowest BCUT2D eigenvalue weighted by Crippen LogP contribution is -2.40. The van der Waals surface area contributed by atoms with Crippen LogP contribution in [0.25, 0.3) is 0 Å². The molecule has 1 saturated heterocycles. The van der Waals surface area contributed by atoms with Crippen molar-refractivity contribution in [2.24, 2.45) is 0 Å². The number of hydrogen-bond acceptors (Lipinski definition) is 5. The zero-order chi connectivity index (χ0) is 22.6. The summed E-state index contributed by atoms with van der Waals surface area (Å²) >= 11 is 0. The van der Waals surface area contributed by atoms with Crippen LogP contribution >= 0.6 is 0 Å². The molecule has 2 heterocycles. The summed E-state index contributed by atoms with van der Waals surface area (Å²) in [6, 6.07) is 5.62. The molecule has 0 bridgehead atoms. The Morgan fingerprint density at radius 2 is 1.87 bits per heavy atom. The fraction of sp³-hybridized carbons (Fsp3) is 0.476. The van der Waals surface area contributed by atoms with Gasteiger partial charge in [0, 0.05) is 32.2 Å². The molecule has 31 heavy (non-hydrogen) atoms. The molecule has 2 aromatic rings. The van der Waals surface area contributed by atoms with Gasteiger partial charge in [0.15, 0.2) is 0 Å². The fourth-order valence-electron chi connectivity index (χ4n) is 3.93. The molecule has 1 aliphatic rings. The van der Waals surface area contributed by atoms with E-state index in [0.29, 0.717) is 43.0 Å². The molecule has 1 aromatic heterocycles. The molecule has 1 aromatic carbocycles. The molecule has 2 N–H and O–H groups in total. The summed E-state index contributed by atoms with van der Waals surface area (Å²) < 4.78 is 28.4. The summed E-state index contributed by atoms with van der Waals surface area (Å²) in [6.07, 6.45) is 3.69. The maximum Gasteiger partial charge on any atom is 0.257 e. The standard InChI is InChI=1S/C21H29N5O4S/c1-4-25(5-2)21(28)18-14-22-24-20(18)19-8-6-7-13-26(19)31(29,30)17-11-9-16(10-12-17)23-15(3)27/h9-12,14,19H,4-8,13H2,1-3H3,(H,22,24)(H,23,27)/t19-/m1/s1. The number of piperidine rings is 1. The summed E-state index contributed by atoms with van der Waals surface area (Å²) in [5.74, 6) is -0.382. The van der Waals surface area contributed by atoms with Crippen molar-refractivity contribution >= 4 is 27.5 Å². The maximum atomic E-state index is 13.5. The van der Waals surface area contributed by atoms with Gasteiger partial charge in [-0.25, -0.2) is 8.42 Å². The van der Waals surface area contributed by atoms with Gasteiger partial charge in [-0.3, -0.25) is 14.7 Å². The number of aromatic nitrogens is 2. The molecule has 2 amide bonds. The first-order valence-corrected chi connectivity index (χ1v) is 12.0. The number of nitrogens with zero attached hydrogens (tertiary/aromatic N) is 3. The van der Waals surface area contributed by atoms with Crippen molar-refractivity contribution in [1.82, 2.24) is 19.4 Å². The van der Waals surface area contributed by atoms with Crippen molar-refractivity contribution in [3.63, 3.8) is 0 Å². The predicted octanol–water partition coefficient (Wildman–Crippen LogP) is 2.77. The Bertz CT molecular complexity index is 1030. The minimum absolute atomic E-state index is 0.143. The van der Waals surface area contributed by atoms with E-state index < -0.39 is 16.1 Å². The molecule has 3 rings (SSSR count). The van der Waals surface area contributed by atoms with Crippen LogP contribution in [0.15, 0.2) is 35.4 Å². The quantitative estimate of drug-likeness (QED) is 0.677. The van der Waals surface area contributed by atoms with Crippen LogP contribution < -0.4 is 5.32 Å². The lowest BCUT2D eigenvalue weighted by atomic mass is 9.99. The summed E-state index contributed by atoms with van der Waals surface area (Å²) in [5.41, 5.74) is 1.48. The fourth-order valence-corrected chi connectivity index (χ4v) is 5.60. The SMILES string of the molecule is CCN(CC)C(=O)c1cn[nH]c1[C@H]1CCCCN1S(=O)(=O)c1ccc(NC(C)=O)cc1. The predicted molar refractivity (Wildman–Crippen MR) is 117 cm³/mol. The summed E-state index contributed by atoms with van der Waals surface area (Å²) in [5, 5.41) is 9.59. The molecule has 0 saturated carbocycles. The molecule has 1 aliphatic heterocycles. The number of benzene rings is 1. The van der Waals surface area contributed by atoms with Gasteiger partial charge in [0.05, 0.1) is 28.4 Å². The van der Waals surface area contributed by atoms with Crippen LogP contribution in [0.5, 0.6) is 0 Å². The number of aromatic amines is 1. The Balaban J connectivity index is 1.94. The van der Waals surface area contributed by atoms with Gasteiger partial charge in [-0.2, -0.15) is 9.40 Å². The molecule has 0 spiro atoms. The molecule has 1 atom stereocenters. The Kier molecular flexibility index (Phi) is 7.11. The zero-order valence-corrected chi connectivity index (χ0v) is 18.9. The highest BCUT2D eigenvalue weighted by molar-refractivity contribution is 7.89. The summed E-state index contributed by atoms with van der Waals surface area (Å²) in [6.45, 7) is 6.69. The minimum Gasteiger partial charge on any atom is -0.339 e. The van der Waals surface area contributed by atoms with Gasteiger partial charge >= 0.3 is 0 Å². The number of amides is 2. The molecule has 1 fully saturated rings. The van der Waals surface area contributed by atoms with Gasteiger partial charge in [0.2, 0.25) is 15.9 Å². The summed E-state index contributed by atoms with van der Waals surface area (Å²) in [7, 11) is -3.81. The molecule has 0 unspecified atom stereocenters. The Morgan fingerprint density at radius 3 is 2.48 bits per heavy atom. The third-order valence-electron chi connectivity index (χ3n) is 5.52. The van der Waals surface area contributed by atoms with E-state index in [1.807, 2.05) is 13.8 Å². The topological polar surface area (TPSA) is 115 Å². The van der Waals surface area contributed by atoms with E-state index >= 15 is 0 Å². The first-order chi connectivity index (χ1) is 14.8. The van der Waals surface area contributed by atoms with Crippen molar-refractivity contribution in [2.45, 2.75) is 51.0 Å². The smallest absolute Gasteiger partial charge is 0.257 e. The molecule has 10 heteroatoms. The van der Waals surface area contributed by atoms with E-state index in [2.05, 4.69) is 15.5 Å². The van der Waals surface area contributed by atoms with E-state index in [0.717, 1.165) is 12.8 Å². The highest BCUT2D eigenvalue weighted by Gasteiger charge is 2.37. The zero-order valence-electron chi connectivity index (χ0n) is 18.1. The monoisotopic (exact) mass is 447 g/mol. The number of carbonyl (C=O) groups is 2. The van der Waals surface area contributed by atoms with E-state index in [-0.39, 0.29) is 16.7 Å². The van der Waals surface area contributed by atoms with Gasteiger partial charge < -0.3 is 10.2 Å². The number of nitrogens with one attached hydrogen (secondary N) is 2. The van der Waals surface area contributed by atoms with Crippen LogP contribution in [-0.2, 0) is 14.8 Å². The number of hydrogen-bond donors (Lipinski definition) is 2. The highest BCUT2D eigenvalue weighted by atomic mass is 32.2. The average molecular weight is 448 g/mol. The molecule has 9 nitrogen and oxygen atoms in total. The van der Waals surface area contributed by atoms with E-state index in [1.54, 1.807) is 17.0 Å². The van der Waals surface area contributed by atoms with Crippen LogP contribution in [0.2, 0.25) is 0 Å². The maximum absolute atomic E-state index is 13.5. The van der Waals surface area contributed by atoms with Gasteiger partial charge in [-0.1, -0.05) is 6.42 Å². The van der Waals surface area contributed by atoms with Crippen LogP contribution in [0.4, 0.5) is 5.69 Å². The van der Waals surface area contributed by atoms with Crippen molar-refractivity contribution in [1.29, 1.82) is 0 Å². The number of carbonyl (C=O) groups excluding carboxylic acids is 2. The van der Waals surface area contributed by atoms with Gasteiger partial charge in [0.25, 0.3) is 5.91 Å². The number of sulfonamides is 1. The van der Waals surface area contributed by atoms with E-state index in [9.17, 15) is 18.0 Å². The van der Waals surface area contributed by atoms with Gasteiger partial charge in [0.1, 0.15) is 0 Å². The largest absolute Gasteiger partial charge is 0.339 e. The molecular formula is C21H29N5O4S. The first kappa shape index (κ1) is 23.0. The number of anilines is 1. The second kappa shape index (κ2) is 9.61. The first-order valence-electron chi connectivity index (χ1n) is 10.5. The normalized spacial score (nSPS) is 17.3. The van der Waals surface area contributed by atoms with E-state index in [4.69, 9.17) is 0 Å². The van der Waals surface area contributed by atoms with Crippen molar-refractivity contribution in [3.05, 3.63) is 41.7 Å². The van der Waals surface area contributed by atoms with Crippen molar-refractivity contribution in [3.8, 4) is 0 Å². The van der Waals surface area contributed by atoms with E-state index in [1.165, 1.54) is 29.6 Å². The Labute approximate surface area is 182 Å². The van der Waals surface area contributed by atoms with Crippen LogP contribution in [0.3, 0.4) is 0 Å². The van der Waals surface area contributed by atoms with Crippen molar-refractivity contribution in [2.75, 3.05) is 25.0 Å². The number of rotatable bonds is 7. The second-order valence-corrected chi connectivity index (χ2v) is 9.40. The summed E-state index contributed by atoms with van der Waals surface area (Å²) in [4.78, 5) is 26.0. The third-order valence-corrected chi connectivity index (χ3v) is 7.44. The lowest BCUT2D eigenvalue weighted by Gasteiger charge is -2.34. The molecule has 0 radical (unpaired) electrons. The van der Waals surface area contributed by atoms with Gasteiger partial charge in [-0.05, 0) is 51.0 Å². The van der Waals surface area contributed by atoms with Crippen LogP contribution in [-0.4, -0.2) is 59.3 Å². The molecule has 0 aliphatic carbocycles. The highest BCUT2D eigenvalue weighted by Crippen LogP contribution is 2.36. The third kappa shape index (κ3) is 4.80.